The van der Waals surface area contributed by atoms with E-state index in [9.17, 15) is 4.79 Å². The third kappa shape index (κ3) is 6.87. The molecule has 1 aromatic carbocycles. The molecular formula is C20H31ClN2O2. The maximum atomic E-state index is 11.9. The Labute approximate surface area is 155 Å². The predicted octanol–water partition coefficient (Wildman–Crippen LogP) is 5.72. The Balaban J connectivity index is 1.55. The van der Waals surface area contributed by atoms with E-state index in [1.54, 1.807) is 16.7 Å². The molecule has 0 aliphatic rings. The van der Waals surface area contributed by atoms with Crippen LogP contribution in [0.5, 0.6) is 0 Å². The number of fused-ring (bicyclic) bond motifs is 1. The summed E-state index contributed by atoms with van der Waals surface area (Å²) in [4.78, 5) is 11.9. The molecule has 0 unspecified atom stereocenters. The molecule has 0 radical (unpaired) electrons. The van der Waals surface area contributed by atoms with Crippen molar-refractivity contribution in [3.8, 4) is 0 Å². The number of oxazole rings is 1. The Kier molecular flexibility index (Phi) is 9.12. The standard InChI is InChI=1S/C20H31ClN2O2/c1-2-3-4-5-6-7-8-9-10-11-14-22-16-23-18-13-12-17(21)15-19(18)25-20(23)24/h12-13,15,22H,2-11,14,16H2,1H3. The van der Waals surface area contributed by atoms with Crippen molar-refractivity contribution in [2.24, 2.45) is 0 Å². The second-order valence-electron chi connectivity index (χ2n) is 6.75. The van der Waals surface area contributed by atoms with E-state index in [1.807, 2.05) is 6.07 Å². The molecule has 5 heteroatoms. The van der Waals surface area contributed by atoms with Crippen LogP contribution in [0.3, 0.4) is 0 Å². The monoisotopic (exact) mass is 366 g/mol. The summed E-state index contributed by atoms with van der Waals surface area (Å²) in [6.45, 7) is 3.66. The summed E-state index contributed by atoms with van der Waals surface area (Å²) in [6.07, 6.45) is 13.3. The van der Waals surface area contributed by atoms with E-state index in [4.69, 9.17) is 16.0 Å². The number of rotatable bonds is 13. The van der Waals surface area contributed by atoms with Gasteiger partial charge in [0.05, 0.1) is 12.2 Å². The number of benzene rings is 1. The second-order valence-corrected chi connectivity index (χ2v) is 7.18. The SMILES string of the molecule is CCCCCCCCCCCCNCn1c(=O)oc2cc(Cl)ccc21. The molecule has 25 heavy (non-hydrogen) atoms. The highest BCUT2D eigenvalue weighted by Crippen LogP contribution is 2.18. The highest BCUT2D eigenvalue weighted by atomic mass is 35.5. The first-order valence-corrected chi connectivity index (χ1v) is 10.1. The van der Waals surface area contributed by atoms with Crippen molar-refractivity contribution in [3.63, 3.8) is 0 Å². The van der Waals surface area contributed by atoms with Crippen LogP contribution in [0.1, 0.15) is 71.1 Å². The van der Waals surface area contributed by atoms with Gasteiger partial charge in [0.25, 0.3) is 0 Å². The highest BCUT2D eigenvalue weighted by molar-refractivity contribution is 6.31. The number of unbranched alkanes of at least 4 members (excludes halogenated alkanes) is 9. The number of nitrogens with zero attached hydrogens (tertiary/aromatic N) is 1. The largest absolute Gasteiger partial charge is 0.421 e. The van der Waals surface area contributed by atoms with Gasteiger partial charge >= 0.3 is 5.76 Å². The molecule has 140 valence electrons. The first kappa shape index (κ1) is 20.1. The van der Waals surface area contributed by atoms with Crippen molar-refractivity contribution in [2.75, 3.05) is 6.54 Å². The molecule has 0 atom stereocenters. The normalized spacial score (nSPS) is 11.4. The number of aromatic nitrogens is 1. The minimum absolute atomic E-state index is 0.340. The van der Waals surface area contributed by atoms with Gasteiger partial charge in [-0.05, 0) is 25.1 Å². The Morgan fingerprint density at radius 2 is 1.64 bits per heavy atom. The summed E-state index contributed by atoms with van der Waals surface area (Å²) in [5, 5.41) is 3.91. The van der Waals surface area contributed by atoms with Crippen LogP contribution in [0.15, 0.2) is 27.4 Å². The molecule has 0 saturated heterocycles. The molecule has 0 aliphatic heterocycles. The smallest absolute Gasteiger partial charge is 0.408 e. The zero-order valence-corrected chi connectivity index (χ0v) is 16.1. The summed E-state index contributed by atoms with van der Waals surface area (Å²) in [6, 6.07) is 5.28. The molecule has 4 nitrogen and oxygen atoms in total. The summed E-state index contributed by atoms with van der Waals surface area (Å²) < 4.78 is 6.83. The molecule has 1 aromatic heterocycles. The molecule has 0 fully saturated rings. The van der Waals surface area contributed by atoms with Crippen LogP contribution in [-0.4, -0.2) is 11.1 Å². The molecule has 1 heterocycles. The van der Waals surface area contributed by atoms with Gasteiger partial charge in [-0.1, -0.05) is 76.3 Å². The van der Waals surface area contributed by atoms with Gasteiger partial charge in [-0.2, -0.15) is 0 Å². The van der Waals surface area contributed by atoms with Gasteiger partial charge in [-0.3, -0.25) is 9.88 Å². The van der Waals surface area contributed by atoms with Crippen LogP contribution in [0.4, 0.5) is 0 Å². The van der Waals surface area contributed by atoms with E-state index in [0.29, 0.717) is 17.3 Å². The van der Waals surface area contributed by atoms with Crippen LogP contribution in [0.2, 0.25) is 5.02 Å². The maximum Gasteiger partial charge on any atom is 0.421 e. The predicted molar refractivity (Wildman–Crippen MR) is 105 cm³/mol. The highest BCUT2D eigenvalue weighted by Gasteiger charge is 2.08. The third-order valence-corrected chi connectivity index (χ3v) is 4.84. The van der Waals surface area contributed by atoms with Crippen LogP contribution in [0.25, 0.3) is 11.1 Å². The number of halogens is 1. The average molecular weight is 367 g/mol. The summed E-state index contributed by atoms with van der Waals surface area (Å²) in [5.74, 6) is -0.340. The molecular weight excluding hydrogens is 336 g/mol. The fourth-order valence-electron chi connectivity index (χ4n) is 3.12. The Hall–Kier alpha value is -1.26. The van der Waals surface area contributed by atoms with E-state index in [1.165, 1.54) is 57.8 Å². The van der Waals surface area contributed by atoms with Crippen LogP contribution in [0, 0.1) is 0 Å². The van der Waals surface area contributed by atoms with E-state index < -0.39 is 0 Å². The van der Waals surface area contributed by atoms with Crippen LogP contribution < -0.4 is 11.1 Å². The van der Waals surface area contributed by atoms with Gasteiger partial charge < -0.3 is 4.42 Å². The van der Waals surface area contributed by atoms with Crippen molar-refractivity contribution in [1.29, 1.82) is 0 Å². The molecule has 2 aromatic rings. The Bertz CT molecular complexity index is 678. The molecule has 0 aliphatic carbocycles. The van der Waals surface area contributed by atoms with E-state index in [0.717, 1.165) is 18.5 Å². The lowest BCUT2D eigenvalue weighted by Gasteiger charge is -2.06. The number of nitrogens with one attached hydrogen (secondary N) is 1. The lowest BCUT2D eigenvalue weighted by Crippen LogP contribution is -2.25. The second kappa shape index (κ2) is 11.4. The zero-order valence-electron chi connectivity index (χ0n) is 15.4. The number of hydrogen-bond acceptors (Lipinski definition) is 3. The lowest BCUT2D eigenvalue weighted by atomic mass is 10.1. The van der Waals surface area contributed by atoms with Gasteiger partial charge in [0, 0.05) is 11.1 Å². The summed E-state index contributed by atoms with van der Waals surface area (Å²) in [5.41, 5.74) is 1.32. The lowest BCUT2D eigenvalue weighted by molar-refractivity contribution is 0.465. The topological polar surface area (TPSA) is 47.2 Å². The Morgan fingerprint density at radius 1 is 1.00 bits per heavy atom. The first-order valence-electron chi connectivity index (χ1n) is 9.72. The van der Waals surface area contributed by atoms with Crippen molar-refractivity contribution < 1.29 is 4.42 Å². The summed E-state index contributed by atoms with van der Waals surface area (Å²) in [7, 11) is 0. The van der Waals surface area contributed by atoms with Crippen LogP contribution >= 0.6 is 11.6 Å². The average Bonchev–Trinajstić information content (AvgIpc) is 2.90. The zero-order chi connectivity index (χ0) is 17.9. The minimum atomic E-state index is -0.340. The van der Waals surface area contributed by atoms with Crippen LogP contribution in [-0.2, 0) is 6.67 Å². The van der Waals surface area contributed by atoms with Gasteiger partial charge in [0.2, 0.25) is 0 Å². The fraction of sp³-hybridized carbons (Fsp3) is 0.650. The molecule has 0 bridgehead atoms. The molecule has 0 saturated carbocycles. The molecule has 0 amide bonds. The van der Waals surface area contributed by atoms with Crippen molar-refractivity contribution in [2.45, 2.75) is 77.8 Å². The molecule has 1 N–H and O–H groups in total. The third-order valence-electron chi connectivity index (χ3n) is 4.61. The first-order chi connectivity index (χ1) is 12.2. The minimum Gasteiger partial charge on any atom is -0.408 e. The van der Waals surface area contributed by atoms with Crippen molar-refractivity contribution >= 4 is 22.7 Å². The van der Waals surface area contributed by atoms with E-state index in [-0.39, 0.29) is 5.76 Å². The number of hydrogen-bond donors (Lipinski definition) is 1. The molecule has 0 spiro atoms. The summed E-state index contributed by atoms with van der Waals surface area (Å²) >= 11 is 5.92. The van der Waals surface area contributed by atoms with Gasteiger partial charge in [-0.15, -0.1) is 0 Å². The Morgan fingerprint density at radius 3 is 2.32 bits per heavy atom. The molecule has 2 rings (SSSR count). The van der Waals surface area contributed by atoms with Gasteiger partial charge in [-0.25, -0.2) is 4.79 Å². The van der Waals surface area contributed by atoms with E-state index >= 15 is 0 Å². The van der Waals surface area contributed by atoms with Gasteiger partial charge in [0.1, 0.15) is 0 Å². The van der Waals surface area contributed by atoms with Gasteiger partial charge in [0.15, 0.2) is 5.58 Å². The van der Waals surface area contributed by atoms with Crippen molar-refractivity contribution in [1.82, 2.24) is 9.88 Å². The fourth-order valence-corrected chi connectivity index (χ4v) is 3.28. The van der Waals surface area contributed by atoms with Crippen molar-refractivity contribution in [3.05, 3.63) is 33.8 Å². The quantitative estimate of drug-likeness (QED) is 0.461. The van der Waals surface area contributed by atoms with E-state index in [2.05, 4.69) is 12.2 Å². The maximum absolute atomic E-state index is 11.9.